The summed E-state index contributed by atoms with van der Waals surface area (Å²) in [6, 6.07) is 0. The average molecular weight is 132 g/mol. The van der Waals surface area contributed by atoms with Gasteiger partial charge in [-0.2, -0.15) is 0 Å². The molecular formula is C5H6ClNO. The normalized spacial score (nSPS) is 17.8. The monoisotopic (exact) mass is 131 g/mol. The summed E-state index contributed by atoms with van der Waals surface area (Å²) in [5, 5.41) is 0.529. The van der Waals surface area contributed by atoms with Gasteiger partial charge in [0.1, 0.15) is 10.9 Å². The van der Waals surface area contributed by atoms with E-state index in [1.165, 1.54) is 0 Å². The first-order valence-corrected chi connectivity index (χ1v) is 2.65. The summed E-state index contributed by atoms with van der Waals surface area (Å²) in [5.41, 5.74) is 0. The van der Waals surface area contributed by atoms with Gasteiger partial charge in [0, 0.05) is 6.08 Å². The number of ether oxygens (including phenoxy) is 1. The number of halogens is 1. The Morgan fingerprint density at radius 1 is 1.88 bits per heavy atom. The third-order valence-electron chi connectivity index (χ3n) is 0.928. The summed E-state index contributed by atoms with van der Waals surface area (Å²) in [4.78, 5) is 3.85. The molecule has 0 fully saturated rings. The van der Waals surface area contributed by atoms with E-state index in [0.717, 1.165) is 5.76 Å². The molecule has 1 aliphatic heterocycles. The first-order valence-electron chi connectivity index (χ1n) is 2.27. The number of hydrogen-bond donors (Lipinski definition) is 0. The van der Waals surface area contributed by atoms with E-state index in [1.54, 1.807) is 13.2 Å². The molecule has 1 aliphatic rings. The predicted octanol–water partition coefficient (Wildman–Crippen LogP) is 1.17. The molecule has 0 spiro atoms. The molecule has 0 bridgehead atoms. The van der Waals surface area contributed by atoms with Crippen LogP contribution in [0.4, 0.5) is 0 Å². The van der Waals surface area contributed by atoms with Crippen molar-refractivity contribution in [2.24, 2.45) is 4.99 Å². The van der Waals surface area contributed by atoms with Crippen LogP contribution in [0.1, 0.15) is 0 Å². The maximum absolute atomic E-state index is 5.48. The fourth-order valence-corrected chi connectivity index (χ4v) is 0.683. The summed E-state index contributed by atoms with van der Waals surface area (Å²) in [6.45, 7) is 0.593. The van der Waals surface area contributed by atoms with Crippen LogP contribution in [0.15, 0.2) is 16.8 Å². The van der Waals surface area contributed by atoms with Gasteiger partial charge >= 0.3 is 0 Å². The zero-order valence-electron chi connectivity index (χ0n) is 4.52. The lowest BCUT2D eigenvalue weighted by atomic mass is 10.5. The molecule has 1 heterocycles. The lowest BCUT2D eigenvalue weighted by molar-refractivity contribution is 0.290. The van der Waals surface area contributed by atoms with E-state index in [-0.39, 0.29) is 0 Å². The molecule has 3 heteroatoms. The van der Waals surface area contributed by atoms with Crippen LogP contribution in [-0.2, 0) is 4.74 Å². The molecule has 0 aliphatic carbocycles. The van der Waals surface area contributed by atoms with Crippen LogP contribution in [-0.4, -0.2) is 18.8 Å². The zero-order chi connectivity index (χ0) is 5.98. The minimum Gasteiger partial charge on any atom is -0.499 e. The number of methoxy groups -OCH3 is 1. The number of aliphatic imine (C=N–C) groups is 1. The first-order chi connectivity index (χ1) is 3.83. The second-order valence-corrected chi connectivity index (χ2v) is 1.84. The van der Waals surface area contributed by atoms with E-state index in [0.29, 0.717) is 11.7 Å². The fourth-order valence-electron chi connectivity index (χ4n) is 0.501. The molecule has 0 amide bonds. The molecule has 0 unspecified atom stereocenters. The Hall–Kier alpha value is -0.500. The summed E-state index contributed by atoms with van der Waals surface area (Å²) in [5.74, 6) is 0.829. The van der Waals surface area contributed by atoms with E-state index in [9.17, 15) is 0 Å². The minimum absolute atomic E-state index is 0.529. The summed E-state index contributed by atoms with van der Waals surface area (Å²) in [6.07, 6.45) is 1.71. The van der Waals surface area contributed by atoms with Gasteiger partial charge < -0.3 is 4.74 Å². The lowest BCUT2D eigenvalue weighted by Gasteiger charge is -1.93. The smallest absolute Gasteiger partial charge is 0.127 e. The predicted molar refractivity (Wildman–Crippen MR) is 33.2 cm³/mol. The molecule has 44 valence electrons. The number of hydrogen-bond acceptors (Lipinski definition) is 2. The Kier molecular flexibility index (Phi) is 1.53. The van der Waals surface area contributed by atoms with Crippen LogP contribution >= 0.6 is 11.6 Å². The number of rotatable bonds is 1. The van der Waals surface area contributed by atoms with Crippen LogP contribution in [0.3, 0.4) is 0 Å². The van der Waals surface area contributed by atoms with Crippen molar-refractivity contribution in [1.82, 2.24) is 0 Å². The van der Waals surface area contributed by atoms with Gasteiger partial charge in [0.15, 0.2) is 0 Å². The van der Waals surface area contributed by atoms with E-state index in [4.69, 9.17) is 16.3 Å². The van der Waals surface area contributed by atoms with Crippen molar-refractivity contribution in [3.63, 3.8) is 0 Å². The van der Waals surface area contributed by atoms with Crippen LogP contribution < -0.4 is 0 Å². The van der Waals surface area contributed by atoms with Crippen LogP contribution in [0.2, 0.25) is 0 Å². The van der Waals surface area contributed by atoms with Crippen molar-refractivity contribution < 1.29 is 4.74 Å². The van der Waals surface area contributed by atoms with E-state index >= 15 is 0 Å². The van der Waals surface area contributed by atoms with Crippen molar-refractivity contribution in [2.45, 2.75) is 0 Å². The molecule has 0 radical (unpaired) electrons. The van der Waals surface area contributed by atoms with Crippen LogP contribution in [0.25, 0.3) is 0 Å². The van der Waals surface area contributed by atoms with E-state index in [1.807, 2.05) is 0 Å². The maximum Gasteiger partial charge on any atom is 0.127 e. The molecule has 0 aromatic heterocycles. The van der Waals surface area contributed by atoms with Gasteiger partial charge in [-0.05, 0) is 0 Å². The Morgan fingerprint density at radius 3 is 2.88 bits per heavy atom. The Morgan fingerprint density at radius 2 is 2.62 bits per heavy atom. The van der Waals surface area contributed by atoms with E-state index < -0.39 is 0 Å². The molecular weight excluding hydrogens is 126 g/mol. The zero-order valence-corrected chi connectivity index (χ0v) is 5.27. The van der Waals surface area contributed by atoms with E-state index in [2.05, 4.69) is 4.99 Å². The lowest BCUT2D eigenvalue weighted by Crippen LogP contribution is -1.84. The maximum atomic E-state index is 5.48. The summed E-state index contributed by atoms with van der Waals surface area (Å²) >= 11 is 5.48. The molecule has 0 N–H and O–H groups in total. The van der Waals surface area contributed by atoms with Crippen LogP contribution in [0, 0.1) is 0 Å². The Bertz CT molecular complexity index is 151. The largest absolute Gasteiger partial charge is 0.499 e. The number of nitrogens with zero attached hydrogens (tertiary/aromatic N) is 1. The van der Waals surface area contributed by atoms with Gasteiger partial charge in [0.2, 0.25) is 0 Å². The summed E-state index contributed by atoms with van der Waals surface area (Å²) < 4.78 is 4.84. The third kappa shape index (κ3) is 1.01. The van der Waals surface area contributed by atoms with Gasteiger partial charge in [0.25, 0.3) is 0 Å². The molecule has 8 heavy (non-hydrogen) atoms. The van der Waals surface area contributed by atoms with Gasteiger partial charge in [-0.15, -0.1) is 0 Å². The third-order valence-corrected chi connectivity index (χ3v) is 1.16. The quantitative estimate of drug-likeness (QED) is 0.524. The van der Waals surface area contributed by atoms with Crippen molar-refractivity contribution in [1.29, 1.82) is 0 Å². The standard InChI is InChI=1S/C5H6ClNO/c1-8-4-2-5(6)7-3-4/h2H,3H2,1H3. The topological polar surface area (TPSA) is 21.6 Å². The molecule has 1 rings (SSSR count). The van der Waals surface area contributed by atoms with Crippen molar-refractivity contribution in [3.05, 3.63) is 11.8 Å². The van der Waals surface area contributed by atoms with Crippen molar-refractivity contribution >= 4 is 16.8 Å². The van der Waals surface area contributed by atoms with Crippen molar-refractivity contribution in [2.75, 3.05) is 13.7 Å². The second-order valence-electron chi connectivity index (χ2n) is 1.45. The van der Waals surface area contributed by atoms with Crippen molar-refractivity contribution in [3.8, 4) is 0 Å². The molecule has 2 nitrogen and oxygen atoms in total. The molecule has 0 saturated heterocycles. The SMILES string of the molecule is COC1=CC(Cl)=NC1. The molecule has 0 aromatic carbocycles. The highest BCUT2D eigenvalue weighted by Gasteiger charge is 2.03. The van der Waals surface area contributed by atoms with Gasteiger partial charge in [-0.3, -0.25) is 4.99 Å². The fraction of sp³-hybridized carbons (Fsp3) is 0.400. The minimum atomic E-state index is 0.529. The summed E-state index contributed by atoms with van der Waals surface area (Å²) in [7, 11) is 1.61. The van der Waals surface area contributed by atoms with Gasteiger partial charge in [-0.25, -0.2) is 0 Å². The molecule has 0 saturated carbocycles. The van der Waals surface area contributed by atoms with Gasteiger partial charge in [0.05, 0.1) is 13.7 Å². The highest BCUT2D eigenvalue weighted by atomic mass is 35.5. The molecule has 0 atom stereocenters. The first kappa shape index (κ1) is 5.63. The average Bonchev–Trinajstić information content (AvgIpc) is 2.14. The molecule has 0 aromatic rings. The Balaban J connectivity index is 2.56. The highest BCUT2D eigenvalue weighted by Crippen LogP contribution is 2.06. The number of allylic oxidation sites excluding steroid dienone is 1. The van der Waals surface area contributed by atoms with Gasteiger partial charge in [-0.1, -0.05) is 11.6 Å². The highest BCUT2D eigenvalue weighted by molar-refractivity contribution is 6.68. The second kappa shape index (κ2) is 2.18. The van der Waals surface area contributed by atoms with Crippen LogP contribution in [0.5, 0.6) is 0 Å². The Labute approximate surface area is 52.8 Å².